The minimum atomic E-state index is -0.311. The van der Waals surface area contributed by atoms with Crippen LogP contribution in [-0.2, 0) is 14.3 Å². The van der Waals surface area contributed by atoms with Crippen LogP contribution in [0.1, 0.15) is 26.2 Å². The lowest BCUT2D eigenvalue weighted by molar-refractivity contribution is -0.148. The Morgan fingerprint density at radius 3 is 2.94 bits per heavy atom. The van der Waals surface area contributed by atoms with Crippen molar-refractivity contribution >= 4 is 5.97 Å². The summed E-state index contributed by atoms with van der Waals surface area (Å²) in [6.45, 7) is 4.00. The molecule has 0 aromatic heterocycles. The molecule has 18 heavy (non-hydrogen) atoms. The van der Waals surface area contributed by atoms with Gasteiger partial charge in [0.05, 0.1) is 19.8 Å². The molecule has 1 N–H and O–H groups in total. The highest BCUT2D eigenvalue weighted by atomic mass is 16.5. The second-order valence-electron chi connectivity index (χ2n) is 5.24. The predicted octanol–water partition coefficient (Wildman–Crippen LogP) is 0.410. The maximum Gasteiger partial charge on any atom is 0.322 e. The van der Waals surface area contributed by atoms with E-state index in [2.05, 4.69) is 4.90 Å². The van der Waals surface area contributed by atoms with Crippen LogP contribution in [0.4, 0.5) is 0 Å². The first-order valence-electron chi connectivity index (χ1n) is 6.74. The maximum absolute atomic E-state index is 11.7. The monoisotopic (exact) mass is 257 g/mol. The van der Waals surface area contributed by atoms with E-state index in [1.807, 2.05) is 6.92 Å². The van der Waals surface area contributed by atoms with Crippen LogP contribution in [0.15, 0.2) is 0 Å². The van der Waals surface area contributed by atoms with Crippen LogP contribution in [0.5, 0.6) is 0 Å². The molecule has 2 fully saturated rings. The minimum Gasteiger partial charge on any atom is -0.468 e. The summed E-state index contributed by atoms with van der Waals surface area (Å²) < 4.78 is 10.3. The van der Waals surface area contributed by atoms with Gasteiger partial charge in [-0.1, -0.05) is 0 Å². The van der Waals surface area contributed by atoms with Crippen LogP contribution >= 0.6 is 0 Å². The van der Waals surface area contributed by atoms with Crippen LogP contribution in [0.3, 0.4) is 0 Å². The molecule has 0 aliphatic carbocycles. The summed E-state index contributed by atoms with van der Waals surface area (Å²) in [6, 6.07) is -0.00831. The Labute approximate surface area is 108 Å². The largest absolute Gasteiger partial charge is 0.468 e. The fourth-order valence-electron chi connectivity index (χ4n) is 3.18. The molecule has 104 valence electrons. The zero-order valence-corrected chi connectivity index (χ0v) is 11.2. The van der Waals surface area contributed by atoms with Gasteiger partial charge in [0.1, 0.15) is 6.04 Å². The number of ether oxygens (including phenoxy) is 2. The van der Waals surface area contributed by atoms with Crippen LogP contribution in [-0.4, -0.2) is 61.0 Å². The van der Waals surface area contributed by atoms with Gasteiger partial charge in [-0.05, 0) is 32.7 Å². The van der Waals surface area contributed by atoms with Gasteiger partial charge in [-0.2, -0.15) is 0 Å². The van der Waals surface area contributed by atoms with E-state index in [0.717, 1.165) is 19.4 Å². The Morgan fingerprint density at radius 1 is 1.50 bits per heavy atom. The molecule has 0 bridgehead atoms. The number of hydrogen-bond acceptors (Lipinski definition) is 5. The number of rotatable bonds is 3. The van der Waals surface area contributed by atoms with Gasteiger partial charge in [0, 0.05) is 18.6 Å². The molecule has 2 heterocycles. The molecule has 0 radical (unpaired) electrons. The van der Waals surface area contributed by atoms with Crippen molar-refractivity contribution < 1.29 is 19.4 Å². The Bertz CT molecular complexity index is 297. The van der Waals surface area contributed by atoms with Gasteiger partial charge < -0.3 is 14.6 Å². The lowest BCUT2D eigenvalue weighted by Crippen LogP contribution is -2.51. The van der Waals surface area contributed by atoms with Gasteiger partial charge in [0.15, 0.2) is 0 Å². The number of carbonyl (C=O) groups excluding carboxylic acids is 1. The number of aliphatic hydroxyl groups excluding tert-OH is 1. The van der Waals surface area contributed by atoms with E-state index in [4.69, 9.17) is 9.47 Å². The van der Waals surface area contributed by atoms with Gasteiger partial charge in [-0.3, -0.25) is 9.69 Å². The predicted molar refractivity (Wildman–Crippen MR) is 66.1 cm³/mol. The van der Waals surface area contributed by atoms with Crippen molar-refractivity contribution in [2.75, 3.05) is 26.9 Å². The van der Waals surface area contributed by atoms with Crippen LogP contribution in [0.2, 0.25) is 0 Å². The number of hydrogen-bond donors (Lipinski definition) is 1. The summed E-state index contributed by atoms with van der Waals surface area (Å²) in [4.78, 5) is 13.8. The zero-order valence-electron chi connectivity index (χ0n) is 11.2. The van der Waals surface area contributed by atoms with E-state index in [9.17, 15) is 9.90 Å². The molecule has 0 aromatic rings. The zero-order chi connectivity index (χ0) is 13.1. The van der Waals surface area contributed by atoms with Crippen molar-refractivity contribution in [2.45, 2.75) is 44.4 Å². The first-order valence-corrected chi connectivity index (χ1v) is 6.74. The van der Waals surface area contributed by atoms with E-state index >= 15 is 0 Å². The van der Waals surface area contributed by atoms with E-state index < -0.39 is 0 Å². The summed E-state index contributed by atoms with van der Waals surface area (Å²) >= 11 is 0. The molecule has 5 heteroatoms. The summed E-state index contributed by atoms with van der Waals surface area (Å²) in [5.74, 6) is -0.0820. The van der Waals surface area contributed by atoms with Crippen molar-refractivity contribution in [2.24, 2.45) is 5.92 Å². The molecule has 2 saturated heterocycles. The van der Waals surface area contributed by atoms with Gasteiger partial charge in [-0.25, -0.2) is 0 Å². The maximum atomic E-state index is 11.7. The van der Waals surface area contributed by atoms with Crippen molar-refractivity contribution in [3.8, 4) is 0 Å². The molecule has 4 unspecified atom stereocenters. The fraction of sp³-hybridized carbons (Fsp3) is 0.923. The molecule has 0 amide bonds. The van der Waals surface area contributed by atoms with Crippen molar-refractivity contribution in [3.63, 3.8) is 0 Å². The van der Waals surface area contributed by atoms with E-state index in [-0.39, 0.29) is 30.1 Å². The lowest BCUT2D eigenvalue weighted by Gasteiger charge is -2.38. The average Bonchev–Trinajstić information content (AvgIpc) is 2.86. The third-order valence-electron chi connectivity index (χ3n) is 4.24. The highest BCUT2D eigenvalue weighted by molar-refractivity contribution is 5.75. The second-order valence-corrected chi connectivity index (χ2v) is 5.24. The van der Waals surface area contributed by atoms with Crippen molar-refractivity contribution in [1.82, 2.24) is 4.90 Å². The molecular weight excluding hydrogens is 234 g/mol. The Kier molecular flexibility index (Phi) is 4.59. The first kappa shape index (κ1) is 13.8. The smallest absolute Gasteiger partial charge is 0.322 e. The van der Waals surface area contributed by atoms with Crippen LogP contribution in [0.25, 0.3) is 0 Å². The average molecular weight is 257 g/mol. The SMILES string of the molecule is COC(=O)C(C)N1CCCC1C1COCCC1O. The number of methoxy groups -OCH3 is 1. The molecule has 2 aliphatic heterocycles. The fourth-order valence-corrected chi connectivity index (χ4v) is 3.18. The Hall–Kier alpha value is -0.650. The number of esters is 1. The third kappa shape index (κ3) is 2.68. The molecule has 4 atom stereocenters. The second kappa shape index (κ2) is 5.99. The summed E-state index contributed by atoms with van der Waals surface area (Å²) in [5, 5.41) is 10.1. The molecular formula is C13H23NO4. The van der Waals surface area contributed by atoms with E-state index in [1.165, 1.54) is 7.11 Å². The highest BCUT2D eigenvalue weighted by Crippen LogP contribution is 2.31. The highest BCUT2D eigenvalue weighted by Gasteiger charge is 2.40. The Balaban J connectivity index is 2.04. The summed E-state index contributed by atoms with van der Waals surface area (Å²) in [5.41, 5.74) is 0. The third-order valence-corrected chi connectivity index (χ3v) is 4.24. The van der Waals surface area contributed by atoms with Gasteiger partial charge >= 0.3 is 5.97 Å². The standard InChI is InChI=1S/C13H23NO4/c1-9(13(16)17-2)14-6-3-4-11(14)10-8-18-7-5-12(10)15/h9-12,15H,3-8H2,1-2H3. The topological polar surface area (TPSA) is 59.0 Å². The first-order chi connectivity index (χ1) is 8.65. The lowest BCUT2D eigenvalue weighted by atomic mass is 9.89. The van der Waals surface area contributed by atoms with E-state index in [1.54, 1.807) is 0 Å². The normalized spacial score (nSPS) is 35.4. The molecule has 0 spiro atoms. The molecule has 2 rings (SSSR count). The number of nitrogens with zero attached hydrogens (tertiary/aromatic N) is 1. The van der Waals surface area contributed by atoms with Crippen molar-refractivity contribution in [1.29, 1.82) is 0 Å². The molecule has 0 saturated carbocycles. The van der Waals surface area contributed by atoms with Gasteiger partial charge in [-0.15, -0.1) is 0 Å². The molecule has 5 nitrogen and oxygen atoms in total. The van der Waals surface area contributed by atoms with E-state index in [0.29, 0.717) is 19.6 Å². The summed E-state index contributed by atoms with van der Waals surface area (Å²) in [6.07, 6.45) is 2.47. The van der Waals surface area contributed by atoms with Gasteiger partial charge in [0.25, 0.3) is 0 Å². The molecule has 2 aliphatic rings. The van der Waals surface area contributed by atoms with Crippen LogP contribution in [0, 0.1) is 5.92 Å². The minimum absolute atomic E-state index is 0.119. The molecule has 0 aromatic carbocycles. The number of likely N-dealkylation sites (tertiary alicyclic amines) is 1. The number of carbonyl (C=O) groups is 1. The van der Waals surface area contributed by atoms with Gasteiger partial charge in [0.2, 0.25) is 0 Å². The summed E-state index contributed by atoms with van der Waals surface area (Å²) in [7, 11) is 1.42. The quantitative estimate of drug-likeness (QED) is 0.742. The number of aliphatic hydroxyl groups is 1. The van der Waals surface area contributed by atoms with Crippen molar-refractivity contribution in [3.05, 3.63) is 0 Å². The van der Waals surface area contributed by atoms with Crippen LogP contribution < -0.4 is 0 Å². The Morgan fingerprint density at radius 2 is 2.28 bits per heavy atom.